The number of hydrogen-bond donors (Lipinski definition) is 3. The number of rotatable bonds is 9. The summed E-state index contributed by atoms with van der Waals surface area (Å²) in [4.78, 5) is 36.7. The first-order chi connectivity index (χ1) is 15.7. The van der Waals surface area contributed by atoms with E-state index in [1.165, 1.54) is 0 Å². The van der Waals surface area contributed by atoms with Crippen LogP contribution in [0.15, 0.2) is 48.5 Å². The molecule has 0 heterocycles. The summed E-state index contributed by atoms with van der Waals surface area (Å²) in [5, 5.41) is 14.8. The molecular weight excluding hydrogens is 420 g/mol. The summed E-state index contributed by atoms with van der Waals surface area (Å²) < 4.78 is 5.53. The molecule has 2 aromatic rings. The Labute approximate surface area is 194 Å². The minimum atomic E-state index is -0.963. The van der Waals surface area contributed by atoms with Crippen LogP contribution < -0.4 is 10.6 Å². The zero-order chi connectivity index (χ0) is 24.1. The quantitative estimate of drug-likeness (QED) is 0.530. The molecule has 1 aliphatic carbocycles. The highest BCUT2D eigenvalue weighted by molar-refractivity contribution is 5.86. The molecule has 3 unspecified atom stereocenters. The molecule has 0 aliphatic heterocycles. The number of ether oxygens (including phenoxy) is 1. The van der Waals surface area contributed by atoms with Gasteiger partial charge in [0.2, 0.25) is 5.91 Å². The lowest BCUT2D eigenvalue weighted by atomic mass is 9.89. The number of carbonyl (C=O) groups is 3. The molecule has 7 heteroatoms. The van der Waals surface area contributed by atoms with Crippen LogP contribution in [0.4, 0.5) is 4.79 Å². The van der Waals surface area contributed by atoms with E-state index in [4.69, 9.17) is 4.74 Å². The van der Waals surface area contributed by atoms with E-state index in [0.717, 1.165) is 22.3 Å². The summed E-state index contributed by atoms with van der Waals surface area (Å²) in [6, 6.07) is 14.7. The van der Waals surface area contributed by atoms with Crippen LogP contribution in [0.2, 0.25) is 0 Å². The maximum atomic E-state index is 12.7. The van der Waals surface area contributed by atoms with Crippen molar-refractivity contribution in [1.29, 1.82) is 0 Å². The van der Waals surface area contributed by atoms with E-state index in [9.17, 15) is 19.5 Å². The summed E-state index contributed by atoms with van der Waals surface area (Å²) in [6.07, 6.45) is -0.326. The summed E-state index contributed by atoms with van der Waals surface area (Å²) >= 11 is 0. The maximum Gasteiger partial charge on any atom is 0.407 e. The highest BCUT2D eigenvalue weighted by Gasteiger charge is 2.32. The largest absolute Gasteiger partial charge is 0.481 e. The van der Waals surface area contributed by atoms with Crippen molar-refractivity contribution < 1.29 is 24.2 Å². The second kappa shape index (κ2) is 10.5. The highest BCUT2D eigenvalue weighted by Crippen LogP contribution is 2.44. The predicted octanol–water partition coefficient (Wildman–Crippen LogP) is 4.17. The molecule has 0 bridgehead atoms. The van der Waals surface area contributed by atoms with Gasteiger partial charge >= 0.3 is 12.1 Å². The zero-order valence-corrected chi connectivity index (χ0v) is 19.5. The summed E-state index contributed by atoms with van der Waals surface area (Å²) in [6.45, 7) is 7.19. The van der Waals surface area contributed by atoms with E-state index in [1.54, 1.807) is 27.7 Å². The van der Waals surface area contributed by atoms with Crippen LogP contribution >= 0.6 is 0 Å². The molecule has 3 atom stereocenters. The molecule has 3 rings (SSSR count). The summed E-state index contributed by atoms with van der Waals surface area (Å²) in [5.74, 6) is -2.32. The van der Waals surface area contributed by atoms with Gasteiger partial charge < -0.3 is 20.5 Å². The second-order valence-electron chi connectivity index (χ2n) is 8.84. The van der Waals surface area contributed by atoms with Crippen LogP contribution in [-0.2, 0) is 14.3 Å². The molecule has 7 nitrogen and oxygen atoms in total. The number of carbonyl (C=O) groups excluding carboxylic acids is 2. The van der Waals surface area contributed by atoms with Crippen LogP contribution in [-0.4, -0.2) is 41.8 Å². The average Bonchev–Trinajstić information content (AvgIpc) is 3.09. The van der Waals surface area contributed by atoms with Crippen molar-refractivity contribution in [2.45, 2.75) is 52.1 Å². The Balaban J connectivity index is 1.61. The first-order valence-electron chi connectivity index (χ1n) is 11.4. The molecular formula is C26H32N2O5. The van der Waals surface area contributed by atoms with E-state index in [0.29, 0.717) is 6.42 Å². The van der Waals surface area contributed by atoms with Crippen molar-refractivity contribution in [2.75, 3.05) is 6.61 Å². The third kappa shape index (κ3) is 5.35. The average molecular weight is 453 g/mol. The highest BCUT2D eigenvalue weighted by atomic mass is 16.5. The van der Waals surface area contributed by atoms with E-state index in [1.807, 2.05) is 36.4 Å². The fraction of sp³-hybridized carbons (Fsp3) is 0.423. The molecule has 2 amide bonds. The topological polar surface area (TPSA) is 105 Å². The molecule has 1 aliphatic rings. The Morgan fingerprint density at radius 2 is 1.48 bits per heavy atom. The molecule has 176 valence electrons. The lowest BCUT2D eigenvalue weighted by Gasteiger charge is -2.26. The Hall–Kier alpha value is -3.35. The number of benzene rings is 2. The van der Waals surface area contributed by atoms with Crippen molar-refractivity contribution >= 4 is 18.0 Å². The van der Waals surface area contributed by atoms with E-state index >= 15 is 0 Å². The van der Waals surface area contributed by atoms with Crippen molar-refractivity contribution in [3.63, 3.8) is 0 Å². The number of fused-ring (bicyclic) bond motifs is 3. The van der Waals surface area contributed by atoms with Crippen LogP contribution in [0.1, 0.15) is 51.2 Å². The van der Waals surface area contributed by atoms with Gasteiger partial charge in [-0.3, -0.25) is 9.59 Å². The van der Waals surface area contributed by atoms with Gasteiger partial charge in [0.05, 0.1) is 5.92 Å². The van der Waals surface area contributed by atoms with E-state index < -0.39 is 36.0 Å². The van der Waals surface area contributed by atoms with Gasteiger partial charge in [0.1, 0.15) is 12.6 Å². The molecule has 3 N–H and O–H groups in total. The van der Waals surface area contributed by atoms with Gasteiger partial charge in [0.15, 0.2) is 0 Å². The number of carboxylic acids is 1. The Morgan fingerprint density at radius 1 is 0.939 bits per heavy atom. The number of aliphatic carboxylic acids is 1. The van der Waals surface area contributed by atoms with Crippen LogP contribution in [0.3, 0.4) is 0 Å². The third-order valence-corrected chi connectivity index (χ3v) is 6.27. The monoisotopic (exact) mass is 452 g/mol. The third-order valence-electron chi connectivity index (χ3n) is 6.27. The van der Waals surface area contributed by atoms with Crippen LogP contribution in [0.25, 0.3) is 11.1 Å². The molecule has 33 heavy (non-hydrogen) atoms. The number of hydrogen-bond acceptors (Lipinski definition) is 4. The number of alkyl carbamates (subject to hydrolysis) is 1. The lowest BCUT2D eigenvalue weighted by Crippen LogP contribution is -2.52. The first-order valence-corrected chi connectivity index (χ1v) is 11.4. The Morgan fingerprint density at radius 3 is 1.97 bits per heavy atom. The summed E-state index contributed by atoms with van der Waals surface area (Å²) in [5.41, 5.74) is 4.50. The van der Waals surface area contributed by atoms with Crippen molar-refractivity contribution in [3.05, 3.63) is 59.7 Å². The fourth-order valence-electron chi connectivity index (χ4n) is 4.63. The smallest absolute Gasteiger partial charge is 0.407 e. The van der Waals surface area contributed by atoms with Gasteiger partial charge in [0, 0.05) is 12.0 Å². The van der Waals surface area contributed by atoms with Gasteiger partial charge in [-0.05, 0) is 41.5 Å². The number of nitrogens with one attached hydrogen (secondary N) is 2. The lowest BCUT2D eigenvalue weighted by molar-refractivity contribution is -0.144. The maximum absolute atomic E-state index is 12.7. The van der Waals surface area contributed by atoms with Gasteiger partial charge in [-0.1, -0.05) is 69.3 Å². The zero-order valence-electron chi connectivity index (χ0n) is 19.5. The van der Waals surface area contributed by atoms with Crippen LogP contribution in [0, 0.1) is 11.8 Å². The SMILES string of the molecule is CCC(NC(=O)OCC1c2ccccc2-c2ccccc21)C(=O)NC(C)C(C(=O)O)C(C)C. The van der Waals surface area contributed by atoms with Gasteiger partial charge in [0.25, 0.3) is 0 Å². The molecule has 0 aromatic heterocycles. The summed E-state index contributed by atoms with van der Waals surface area (Å²) in [7, 11) is 0. The second-order valence-corrected chi connectivity index (χ2v) is 8.84. The van der Waals surface area contributed by atoms with Gasteiger partial charge in [-0.15, -0.1) is 0 Å². The standard InChI is InChI=1S/C26H32N2O5/c1-5-22(24(29)27-16(4)23(15(2)3)25(30)31)28-26(32)33-14-21-19-12-8-6-10-17(19)18-11-7-9-13-20(18)21/h6-13,15-16,21-23H,5,14H2,1-4H3,(H,27,29)(H,28,32)(H,30,31). The minimum absolute atomic E-state index is 0.0700. The fourth-order valence-corrected chi connectivity index (χ4v) is 4.63. The molecule has 0 saturated carbocycles. The van der Waals surface area contributed by atoms with Gasteiger partial charge in [-0.2, -0.15) is 0 Å². The number of carboxylic acid groups (broad SMARTS) is 1. The van der Waals surface area contributed by atoms with Crippen LogP contribution in [0.5, 0.6) is 0 Å². The number of amides is 2. The van der Waals surface area contributed by atoms with Crippen molar-refractivity contribution in [3.8, 4) is 11.1 Å². The van der Waals surface area contributed by atoms with E-state index in [2.05, 4.69) is 22.8 Å². The predicted molar refractivity (Wildman–Crippen MR) is 126 cm³/mol. The Kier molecular flexibility index (Phi) is 7.74. The van der Waals surface area contributed by atoms with E-state index in [-0.39, 0.29) is 18.4 Å². The van der Waals surface area contributed by atoms with Gasteiger partial charge in [-0.25, -0.2) is 4.79 Å². The molecule has 0 radical (unpaired) electrons. The molecule has 0 saturated heterocycles. The minimum Gasteiger partial charge on any atom is -0.481 e. The Bertz CT molecular complexity index is 974. The van der Waals surface area contributed by atoms with Crippen molar-refractivity contribution in [2.24, 2.45) is 11.8 Å². The molecule has 2 aromatic carbocycles. The molecule has 0 spiro atoms. The first kappa shape index (κ1) is 24.3. The normalized spacial score (nSPS) is 15.2. The van der Waals surface area contributed by atoms with Crippen molar-refractivity contribution in [1.82, 2.24) is 10.6 Å². The molecule has 0 fully saturated rings.